The van der Waals surface area contributed by atoms with Crippen LogP contribution in [0.25, 0.3) is 0 Å². The fraction of sp³-hybridized carbons (Fsp3) is 0.222. The Bertz CT molecular complexity index is 793. The number of methoxy groups -OCH3 is 2. The summed E-state index contributed by atoms with van der Waals surface area (Å²) >= 11 is 3.47. The molecule has 0 saturated heterocycles. The lowest BCUT2D eigenvalue weighted by Crippen LogP contribution is -2.18. The summed E-state index contributed by atoms with van der Waals surface area (Å²) in [5.41, 5.74) is 6.91. The first-order chi connectivity index (χ1) is 12.0. The Balaban J connectivity index is 2.07. The van der Waals surface area contributed by atoms with Gasteiger partial charge < -0.3 is 20.5 Å². The Kier molecular flexibility index (Phi) is 6.41. The summed E-state index contributed by atoms with van der Waals surface area (Å²) in [5, 5.41) is 2.72. The summed E-state index contributed by atoms with van der Waals surface area (Å²) in [6.07, 6.45) is 0.729. The van der Waals surface area contributed by atoms with Gasteiger partial charge in [0, 0.05) is 10.9 Å². The number of halogens is 1. The number of amides is 2. The van der Waals surface area contributed by atoms with E-state index in [4.69, 9.17) is 15.2 Å². The number of hydrogen-bond donors (Lipinski definition) is 2. The van der Waals surface area contributed by atoms with Crippen LogP contribution in [0, 0.1) is 0 Å². The first-order valence-electron chi connectivity index (χ1n) is 7.55. The molecule has 0 unspecified atom stereocenters. The molecule has 0 bridgehead atoms. The van der Waals surface area contributed by atoms with Crippen molar-refractivity contribution in [3.05, 3.63) is 52.0 Å². The van der Waals surface area contributed by atoms with E-state index in [0.29, 0.717) is 23.6 Å². The lowest BCUT2D eigenvalue weighted by molar-refractivity contribution is -0.116. The van der Waals surface area contributed by atoms with Crippen LogP contribution in [0.15, 0.2) is 40.9 Å². The normalized spacial score (nSPS) is 10.2. The van der Waals surface area contributed by atoms with Crippen LogP contribution in [0.4, 0.5) is 5.69 Å². The number of aryl methyl sites for hydroxylation is 1. The van der Waals surface area contributed by atoms with E-state index in [9.17, 15) is 9.59 Å². The first-order valence-corrected chi connectivity index (χ1v) is 8.34. The van der Waals surface area contributed by atoms with Crippen LogP contribution in [0.3, 0.4) is 0 Å². The zero-order valence-electron chi connectivity index (χ0n) is 14.0. The van der Waals surface area contributed by atoms with E-state index in [1.807, 2.05) is 6.07 Å². The second kappa shape index (κ2) is 8.53. The smallest absolute Gasteiger partial charge is 0.250 e. The van der Waals surface area contributed by atoms with Gasteiger partial charge in [-0.2, -0.15) is 0 Å². The Labute approximate surface area is 154 Å². The molecule has 132 valence electrons. The second-order valence-electron chi connectivity index (χ2n) is 5.26. The molecule has 25 heavy (non-hydrogen) atoms. The highest BCUT2D eigenvalue weighted by molar-refractivity contribution is 9.10. The molecular formula is C18H19BrN2O4. The number of carbonyl (C=O) groups excluding carboxylic acids is 2. The minimum absolute atomic E-state index is 0.213. The van der Waals surface area contributed by atoms with Crippen molar-refractivity contribution >= 4 is 33.4 Å². The van der Waals surface area contributed by atoms with Gasteiger partial charge in [0.1, 0.15) is 0 Å². The van der Waals surface area contributed by atoms with E-state index < -0.39 is 5.91 Å². The highest BCUT2D eigenvalue weighted by Crippen LogP contribution is 2.33. The lowest BCUT2D eigenvalue weighted by atomic mass is 10.1. The zero-order chi connectivity index (χ0) is 18.4. The van der Waals surface area contributed by atoms with Crippen molar-refractivity contribution in [1.29, 1.82) is 0 Å². The van der Waals surface area contributed by atoms with E-state index in [1.165, 1.54) is 0 Å². The molecule has 0 aromatic heterocycles. The van der Waals surface area contributed by atoms with Gasteiger partial charge in [0.2, 0.25) is 5.91 Å². The van der Waals surface area contributed by atoms with Gasteiger partial charge in [0.15, 0.2) is 11.5 Å². The van der Waals surface area contributed by atoms with Gasteiger partial charge in [-0.3, -0.25) is 9.59 Å². The lowest BCUT2D eigenvalue weighted by Gasteiger charge is -2.12. The Morgan fingerprint density at radius 3 is 2.40 bits per heavy atom. The highest BCUT2D eigenvalue weighted by atomic mass is 79.9. The van der Waals surface area contributed by atoms with E-state index in [-0.39, 0.29) is 17.9 Å². The summed E-state index contributed by atoms with van der Waals surface area (Å²) in [5.74, 6) is 0.409. The van der Waals surface area contributed by atoms with Crippen molar-refractivity contribution < 1.29 is 19.1 Å². The molecule has 0 spiro atoms. The standard InChI is InChI=1S/C18H19BrN2O4/c1-24-15-9-11(13(19)10-16(15)25-2)7-8-17(22)21-14-6-4-3-5-12(14)18(20)23/h3-6,9-10H,7-8H2,1-2H3,(H2,20,23)(H,21,22). The number of hydrogen-bond acceptors (Lipinski definition) is 4. The van der Waals surface area contributed by atoms with Crippen molar-refractivity contribution in [2.24, 2.45) is 5.73 Å². The van der Waals surface area contributed by atoms with Crippen LogP contribution < -0.4 is 20.5 Å². The SMILES string of the molecule is COc1cc(Br)c(CCC(=O)Nc2ccccc2C(N)=O)cc1OC. The Morgan fingerprint density at radius 2 is 1.76 bits per heavy atom. The summed E-state index contributed by atoms with van der Waals surface area (Å²) in [7, 11) is 3.12. The number of ether oxygens (including phenoxy) is 2. The summed E-state index contributed by atoms with van der Waals surface area (Å²) in [6, 6.07) is 10.3. The van der Waals surface area contributed by atoms with Crippen molar-refractivity contribution in [3.8, 4) is 11.5 Å². The van der Waals surface area contributed by atoms with Gasteiger partial charge in [-0.25, -0.2) is 0 Å². The van der Waals surface area contributed by atoms with Gasteiger partial charge >= 0.3 is 0 Å². The van der Waals surface area contributed by atoms with E-state index in [2.05, 4.69) is 21.2 Å². The third-order valence-electron chi connectivity index (χ3n) is 3.64. The summed E-state index contributed by atoms with van der Waals surface area (Å²) in [6.45, 7) is 0. The van der Waals surface area contributed by atoms with E-state index in [0.717, 1.165) is 10.0 Å². The zero-order valence-corrected chi connectivity index (χ0v) is 15.6. The summed E-state index contributed by atoms with van der Waals surface area (Å²) in [4.78, 5) is 23.6. The molecule has 0 atom stereocenters. The molecule has 0 aliphatic carbocycles. The number of anilines is 1. The largest absolute Gasteiger partial charge is 0.493 e. The monoisotopic (exact) mass is 406 g/mol. The fourth-order valence-electron chi connectivity index (χ4n) is 2.36. The number of carbonyl (C=O) groups is 2. The number of rotatable bonds is 7. The van der Waals surface area contributed by atoms with Crippen LogP contribution in [0.5, 0.6) is 11.5 Å². The number of para-hydroxylation sites is 1. The van der Waals surface area contributed by atoms with Gasteiger partial charge in [-0.05, 0) is 36.2 Å². The third kappa shape index (κ3) is 4.73. The molecule has 0 fully saturated rings. The number of benzene rings is 2. The Morgan fingerprint density at radius 1 is 1.12 bits per heavy atom. The molecule has 0 aliphatic heterocycles. The predicted molar refractivity (Wildman–Crippen MR) is 99.2 cm³/mol. The topological polar surface area (TPSA) is 90.6 Å². The van der Waals surface area contributed by atoms with Crippen LogP contribution >= 0.6 is 15.9 Å². The first kappa shape index (κ1) is 18.8. The van der Waals surface area contributed by atoms with Crippen LogP contribution in [-0.4, -0.2) is 26.0 Å². The molecule has 7 heteroatoms. The molecule has 2 amide bonds. The maximum absolute atomic E-state index is 12.2. The molecule has 6 nitrogen and oxygen atoms in total. The van der Waals surface area contributed by atoms with Crippen molar-refractivity contribution in [2.45, 2.75) is 12.8 Å². The number of nitrogens with one attached hydrogen (secondary N) is 1. The molecule has 0 aliphatic rings. The fourth-order valence-corrected chi connectivity index (χ4v) is 2.88. The second-order valence-corrected chi connectivity index (χ2v) is 6.11. The van der Waals surface area contributed by atoms with Crippen LogP contribution in [0.2, 0.25) is 0 Å². The number of nitrogens with two attached hydrogens (primary N) is 1. The minimum atomic E-state index is -0.585. The molecule has 0 radical (unpaired) electrons. The molecule has 3 N–H and O–H groups in total. The molecule has 0 saturated carbocycles. The minimum Gasteiger partial charge on any atom is -0.493 e. The van der Waals surface area contributed by atoms with Gasteiger partial charge in [-0.1, -0.05) is 28.1 Å². The quantitative estimate of drug-likeness (QED) is 0.738. The summed E-state index contributed by atoms with van der Waals surface area (Å²) < 4.78 is 11.3. The van der Waals surface area contributed by atoms with E-state index >= 15 is 0 Å². The van der Waals surface area contributed by atoms with Crippen LogP contribution in [0.1, 0.15) is 22.3 Å². The molecule has 0 heterocycles. The third-order valence-corrected chi connectivity index (χ3v) is 4.38. The van der Waals surface area contributed by atoms with Crippen molar-refractivity contribution in [2.75, 3.05) is 19.5 Å². The maximum atomic E-state index is 12.2. The van der Waals surface area contributed by atoms with Gasteiger partial charge in [-0.15, -0.1) is 0 Å². The molecule has 2 rings (SSSR count). The van der Waals surface area contributed by atoms with E-state index in [1.54, 1.807) is 44.6 Å². The molecule has 2 aromatic carbocycles. The van der Waals surface area contributed by atoms with Crippen LogP contribution in [-0.2, 0) is 11.2 Å². The Hall–Kier alpha value is -2.54. The van der Waals surface area contributed by atoms with Crippen molar-refractivity contribution in [3.63, 3.8) is 0 Å². The van der Waals surface area contributed by atoms with Gasteiger partial charge in [0.05, 0.1) is 25.5 Å². The van der Waals surface area contributed by atoms with Gasteiger partial charge in [0.25, 0.3) is 5.91 Å². The highest BCUT2D eigenvalue weighted by Gasteiger charge is 2.13. The molecular weight excluding hydrogens is 388 g/mol. The average Bonchev–Trinajstić information content (AvgIpc) is 2.60. The molecule has 2 aromatic rings. The maximum Gasteiger partial charge on any atom is 0.250 e. The number of primary amides is 1. The average molecular weight is 407 g/mol. The predicted octanol–water partition coefficient (Wildman–Crippen LogP) is 3.14. The van der Waals surface area contributed by atoms with Crippen molar-refractivity contribution in [1.82, 2.24) is 0 Å².